The molecule has 90 valence electrons. The van der Waals surface area contributed by atoms with Crippen molar-refractivity contribution in [2.75, 3.05) is 23.4 Å². The Labute approximate surface area is 101 Å². The number of rotatable bonds is 6. The van der Waals surface area contributed by atoms with Crippen molar-refractivity contribution in [3.63, 3.8) is 0 Å². The Bertz CT molecular complexity index is 325. The lowest BCUT2D eigenvalue weighted by molar-refractivity contribution is 0.733. The Kier molecular flexibility index (Phi) is 5.28. The summed E-state index contributed by atoms with van der Waals surface area (Å²) in [5.74, 6) is 6.41. The third-order valence-corrected chi connectivity index (χ3v) is 2.41. The van der Waals surface area contributed by atoms with Gasteiger partial charge in [0.25, 0.3) is 0 Å². The van der Waals surface area contributed by atoms with E-state index in [2.05, 4.69) is 34.1 Å². The third kappa shape index (κ3) is 3.21. The number of nitrogen functional groups attached to an aromatic ring is 1. The van der Waals surface area contributed by atoms with Crippen LogP contribution in [0.1, 0.15) is 26.7 Å². The summed E-state index contributed by atoms with van der Waals surface area (Å²) in [6, 6.07) is 0. The fraction of sp³-hybridized carbons (Fsp3) is 0.600. The fourth-order valence-electron chi connectivity index (χ4n) is 1.51. The van der Waals surface area contributed by atoms with Gasteiger partial charge in [-0.2, -0.15) is 4.98 Å². The molecule has 0 unspecified atom stereocenters. The average molecular weight is 244 g/mol. The minimum absolute atomic E-state index is 0.386. The minimum Gasteiger partial charge on any atom is -0.355 e. The Morgan fingerprint density at radius 1 is 1.38 bits per heavy atom. The number of hydrogen-bond donors (Lipinski definition) is 2. The first-order valence-corrected chi connectivity index (χ1v) is 5.84. The van der Waals surface area contributed by atoms with E-state index in [4.69, 9.17) is 17.4 Å². The van der Waals surface area contributed by atoms with Crippen LogP contribution in [0.25, 0.3) is 0 Å². The van der Waals surface area contributed by atoms with Crippen LogP contribution in [0.2, 0.25) is 5.02 Å². The molecule has 0 atom stereocenters. The van der Waals surface area contributed by atoms with E-state index in [1.807, 2.05) is 0 Å². The first-order valence-electron chi connectivity index (χ1n) is 5.47. The van der Waals surface area contributed by atoms with Gasteiger partial charge in [-0.25, -0.2) is 10.8 Å². The van der Waals surface area contributed by atoms with Crippen LogP contribution in [0, 0.1) is 0 Å². The molecule has 1 rings (SSSR count). The van der Waals surface area contributed by atoms with E-state index in [1.165, 1.54) is 0 Å². The van der Waals surface area contributed by atoms with Crippen LogP contribution in [0.3, 0.4) is 0 Å². The summed E-state index contributed by atoms with van der Waals surface area (Å²) in [5, 5.41) is 0.556. The predicted molar refractivity (Wildman–Crippen MR) is 67.6 cm³/mol. The monoisotopic (exact) mass is 243 g/mol. The van der Waals surface area contributed by atoms with Crippen LogP contribution in [-0.2, 0) is 0 Å². The fourth-order valence-corrected chi connectivity index (χ4v) is 1.72. The van der Waals surface area contributed by atoms with E-state index < -0.39 is 0 Å². The van der Waals surface area contributed by atoms with E-state index in [0.29, 0.717) is 11.0 Å². The van der Waals surface area contributed by atoms with Gasteiger partial charge in [-0.1, -0.05) is 25.4 Å². The summed E-state index contributed by atoms with van der Waals surface area (Å²) >= 11 is 6.08. The molecule has 5 nitrogen and oxygen atoms in total. The highest BCUT2D eigenvalue weighted by Gasteiger charge is 2.12. The van der Waals surface area contributed by atoms with Crippen molar-refractivity contribution in [1.29, 1.82) is 0 Å². The molecule has 6 heteroatoms. The van der Waals surface area contributed by atoms with Crippen molar-refractivity contribution in [1.82, 2.24) is 9.97 Å². The maximum Gasteiger partial charge on any atom is 0.239 e. The number of nitrogens with zero attached hydrogens (tertiary/aromatic N) is 3. The first-order chi connectivity index (χ1) is 7.72. The molecular weight excluding hydrogens is 226 g/mol. The number of hydrazine groups is 1. The number of hydrogen-bond acceptors (Lipinski definition) is 5. The van der Waals surface area contributed by atoms with Gasteiger partial charge in [0.2, 0.25) is 5.95 Å². The minimum atomic E-state index is 0.386. The quantitative estimate of drug-likeness (QED) is 0.591. The normalized spacial score (nSPS) is 10.2. The largest absolute Gasteiger partial charge is 0.355 e. The Morgan fingerprint density at radius 2 is 2.00 bits per heavy atom. The Balaban J connectivity index is 2.96. The van der Waals surface area contributed by atoms with Gasteiger partial charge in [-0.15, -0.1) is 0 Å². The zero-order valence-corrected chi connectivity index (χ0v) is 10.5. The number of nitrogens with one attached hydrogen (secondary N) is 1. The molecule has 16 heavy (non-hydrogen) atoms. The van der Waals surface area contributed by atoms with Gasteiger partial charge in [-0.3, -0.25) is 5.43 Å². The highest BCUT2D eigenvalue weighted by atomic mass is 35.5. The molecule has 3 N–H and O–H groups in total. The molecule has 1 heterocycles. The number of aromatic nitrogens is 2. The topological polar surface area (TPSA) is 67.1 Å². The molecule has 0 radical (unpaired) electrons. The van der Waals surface area contributed by atoms with Crippen molar-refractivity contribution in [3.8, 4) is 0 Å². The summed E-state index contributed by atoms with van der Waals surface area (Å²) in [6.07, 6.45) is 3.66. The molecule has 0 aliphatic carbocycles. The predicted octanol–water partition coefficient (Wildman–Crippen LogP) is 2.04. The maximum absolute atomic E-state index is 6.08. The highest BCUT2D eigenvalue weighted by Crippen LogP contribution is 2.23. The van der Waals surface area contributed by atoms with Crippen molar-refractivity contribution >= 4 is 23.4 Å². The molecule has 0 spiro atoms. The van der Waals surface area contributed by atoms with E-state index in [0.717, 1.165) is 31.7 Å². The lowest BCUT2D eigenvalue weighted by Crippen LogP contribution is -2.27. The van der Waals surface area contributed by atoms with E-state index in [-0.39, 0.29) is 0 Å². The average Bonchev–Trinajstić information content (AvgIpc) is 2.29. The van der Waals surface area contributed by atoms with Crippen molar-refractivity contribution < 1.29 is 0 Å². The van der Waals surface area contributed by atoms with Crippen LogP contribution in [0.5, 0.6) is 0 Å². The summed E-state index contributed by atoms with van der Waals surface area (Å²) in [5.41, 5.74) is 2.43. The van der Waals surface area contributed by atoms with Crippen LogP contribution >= 0.6 is 11.6 Å². The molecule has 0 aliphatic rings. The number of nitrogens with two attached hydrogens (primary N) is 1. The summed E-state index contributed by atoms with van der Waals surface area (Å²) in [7, 11) is 0. The summed E-state index contributed by atoms with van der Waals surface area (Å²) in [4.78, 5) is 10.4. The van der Waals surface area contributed by atoms with Gasteiger partial charge in [-0.05, 0) is 12.8 Å². The number of halogens is 1. The van der Waals surface area contributed by atoms with Crippen molar-refractivity contribution in [3.05, 3.63) is 11.2 Å². The molecule has 0 fully saturated rings. The van der Waals surface area contributed by atoms with E-state index in [1.54, 1.807) is 6.20 Å². The Morgan fingerprint density at radius 3 is 2.50 bits per heavy atom. The second-order valence-electron chi connectivity index (χ2n) is 3.50. The third-order valence-electron chi connectivity index (χ3n) is 2.14. The maximum atomic E-state index is 6.08. The van der Waals surface area contributed by atoms with Crippen LogP contribution in [0.4, 0.5) is 11.8 Å². The molecular formula is C10H18ClN5. The van der Waals surface area contributed by atoms with Gasteiger partial charge in [0.1, 0.15) is 5.02 Å². The molecule has 0 saturated carbocycles. The molecule has 0 aliphatic heterocycles. The van der Waals surface area contributed by atoms with Crippen LogP contribution in [0.15, 0.2) is 6.20 Å². The van der Waals surface area contributed by atoms with Crippen molar-refractivity contribution in [2.45, 2.75) is 26.7 Å². The molecule has 0 amide bonds. The lowest BCUT2D eigenvalue weighted by Gasteiger charge is -2.23. The van der Waals surface area contributed by atoms with Gasteiger partial charge in [0.05, 0.1) is 6.20 Å². The Hall–Kier alpha value is -1.07. The van der Waals surface area contributed by atoms with Crippen LogP contribution in [-0.4, -0.2) is 23.1 Å². The first kappa shape index (κ1) is 13.0. The van der Waals surface area contributed by atoms with E-state index >= 15 is 0 Å². The van der Waals surface area contributed by atoms with Crippen LogP contribution < -0.4 is 16.2 Å². The molecule has 1 aromatic rings. The lowest BCUT2D eigenvalue weighted by atomic mass is 10.3. The zero-order valence-electron chi connectivity index (χ0n) is 9.70. The van der Waals surface area contributed by atoms with Gasteiger partial charge < -0.3 is 4.90 Å². The van der Waals surface area contributed by atoms with Gasteiger partial charge >= 0.3 is 0 Å². The summed E-state index contributed by atoms with van der Waals surface area (Å²) < 4.78 is 0. The van der Waals surface area contributed by atoms with Gasteiger partial charge in [0, 0.05) is 13.1 Å². The standard InChI is InChI=1S/C10H18ClN5/c1-3-5-16(6-4-2)9-8(11)7-13-10(14-9)15-12/h7H,3-6,12H2,1-2H3,(H,13,14,15). The molecule has 0 aromatic carbocycles. The van der Waals surface area contributed by atoms with Gasteiger partial charge in [0.15, 0.2) is 5.82 Å². The van der Waals surface area contributed by atoms with Crippen molar-refractivity contribution in [2.24, 2.45) is 5.84 Å². The van der Waals surface area contributed by atoms with E-state index in [9.17, 15) is 0 Å². The smallest absolute Gasteiger partial charge is 0.239 e. The second kappa shape index (κ2) is 6.50. The molecule has 0 saturated heterocycles. The SMILES string of the molecule is CCCN(CCC)c1nc(NN)ncc1Cl. The number of anilines is 2. The second-order valence-corrected chi connectivity index (χ2v) is 3.90. The highest BCUT2D eigenvalue weighted by molar-refractivity contribution is 6.32. The zero-order chi connectivity index (χ0) is 12.0. The molecule has 0 bridgehead atoms. The summed E-state index contributed by atoms with van der Waals surface area (Å²) in [6.45, 7) is 6.10. The molecule has 1 aromatic heterocycles.